The highest BCUT2D eigenvalue weighted by molar-refractivity contribution is 5.89. The van der Waals surface area contributed by atoms with E-state index in [9.17, 15) is 9.59 Å². The number of carbonyl (C=O) groups excluding carboxylic acids is 2. The second-order valence-corrected chi connectivity index (χ2v) is 4.24. The Labute approximate surface area is 111 Å². The number of hydrogen-bond acceptors (Lipinski definition) is 4. The Hall–Kier alpha value is -2.30. The minimum absolute atomic E-state index is 0.379. The molecule has 0 bridgehead atoms. The summed E-state index contributed by atoms with van der Waals surface area (Å²) in [6, 6.07) is 8.55. The van der Waals surface area contributed by atoms with Gasteiger partial charge in [0.05, 0.1) is 5.56 Å². The van der Waals surface area contributed by atoms with Crippen LogP contribution in [0.2, 0.25) is 0 Å². The van der Waals surface area contributed by atoms with Crippen molar-refractivity contribution in [3.05, 3.63) is 47.7 Å². The van der Waals surface area contributed by atoms with Gasteiger partial charge in [0.15, 0.2) is 0 Å². The van der Waals surface area contributed by atoms with E-state index in [1.165, 1.54) is 4.90 Å². The van der Waals surface area contributed by atoms with Crippen LogP contribution in [-0.2, 0) is 9.47 Å². The molecule has 0 radical (unpaired) electrons. The van der Waals surface area contributed by atoms with Crippen LogP contribution in [0, 0.1) is 0 Å². The van der Waals surface area contributed by atoms with E-state index in [0.717, 1.165) is 12.0 Å². The van der Waals surface area contributed by atoms with E-state index in [2.05, 4.69) is 0 Å². The van der Waals surface area contributed by atoms with Crippen LogP contribution in [0.4, 0.5) is 4.79 Å². The third kappa shape index (κ3) is 3.58. The number of benzene rings is 1. The first kappa shape index (κ1) is 13.1. The highest BCUT2D eigenvalue weighted by Crippen LogP contribution is 2.13. The van der Waals surface area contributed by atoms with Gasteiger partial charge in [0, 0.05) is 12.7 Å². The molecule has 1 aliphatic heterocycles. The quantitative estimate of drug-likeness (QED) is 0.619. The molecular weight excluding hydrogens is 246 g/mol. The minimum atomic E-state index is -0.512. The lowest BCUT2D eigenvalue weighted by Crippen LogP contribution is -2.26. The smallest absolute Gasteiger partial charge is 0.416 e. The van der Waals surface area contributed by atoms with Gasteiger partial charge < -0.3 is 9.47 Å². The van der Waals surface area contributed by atoms with Crippen molar-refractivity contribution in [1.29, 1.82) is 0 Å². The molecule has 0 aromatic heterocycles. The summed E-state index contributed by atoms with van der Waals surface area (Å²) in [5.41, 5.74) is 1.55. The predicted octanol–water partition coefficient (Wildman–Crippen LogP) is 2.55. The highest BCUT2D eigenvalue weighted by atomic mass is 16.7. The minimum Gasteiger partial charge on any atom is -0.424 e. The first-order chi connectivity index (χ1) is 9.16. The topological polar surface area (TPSA) is 55.8 Å². The summed E-state index contributed by atoms with van der Waals surface area (Å²) in [7, 11) is 0. The van der Waals surface area contributed by atoms with Gasteiger partial charge in [0.25, 0.3) is 0 Å². The van der Waals surface area contributed by atoms with Gasteiger partial charge in [-0.3, -0.25) is 4.90 Å². The van der Waals surface area contributed by atoms with E-state index in [4.69, 9.17) is 9.47 Å². The number of ether oxygens (including phenoxy) is 2. The van der Waals surface area contributed by atoms with Crippen LogP contribution in [0.25, 0.3) is 0 Å². The molecule has 1 aromatic carbocycles. The summed E-state index contributed by atoms with van der Waals surface area (Å²) in [5.74, 6) is -0.512. The van der Waals surface area contributed by atoms with Gasteiger partial charge in [-0.1, -0.05) is 23.8 Å². The maximum atomic E-state index is 11.6. The Bertz CT molecular complexity index is 495. The van der Waals surface area contributed by atoms with Crippen LogP contribution in [0.15, 0.2) is 42.1 Å². The monoisotopic (exact) mass is 261 g/mol. The van der Waals surface area contributed by atoms with Crippen molar-refractivity contribution in [2.24, 2.45) is 0 Å². The summed E-state index contributed by atoms with van der Waals surface area (Å²) >= 11 is 0. The second-order valence-electron chi connectivity index (χ2n) is 4.24. The number of esters is 1. The molecular formula is C14H15NO4. The molecule has 0 aliphatic carbocycles. The molecule has 2 rings (SSSR count). The van der Waals surface area contributed by atoms with Crippen molar-refractivity contribution in [1.82, 2.24) is 4.90 Å². The molecule has 1 amide bonds. The number of rotatable bonds is 3. The van der Waals surface area contributed by atoms with E-state index in [0.29, 0.717) is 12.1 Å². The molecule has 0 saturated heterocycles. The third-order valence-electron chi connectivity index (χ3n) is 2.74. The SMILES string of the molecule is CC1=CN(C(=O)OCOC(=O)c2ccccc2)CC1. The Morgan fingerprint density at radius 3 is 2.58 bits per heavy atom. The molecule has 100 valence electrons. The largest absolute Gasteiger partial charge is 0.424 e. The van der Waals surface area contributed by atoms with Gasteiger partial charge in [-0.05, 0) is 25.5 Å². The predicted molar refractivity (Wildman–Crippen MR) is 68.3 cm³/mol. The zero-order valence-corrected chi connectivity index (χ0v) is 10.7. The van der Waals surface area contributed by atoms with Crippen molar-refractivity contribution >= 4 is 12.1 Å². The molecule has 5 heteroatoms. The molecule has 1 aromatic rings. The van der Waals surface area contributed by atoms with Gasteiger partial charge in [-0.2, -0.15) is 0 Å². The average Bonchev–Trinajstić information content (AvgIpc) is 2.86. The summed E-state index contributed by atoms with van der Waals surface area (Å²) in [4.78, 5) is 24.6. The number of nitrogens with zero attached hydrogens (tertiary/aromatic N) is 1. The van der Waals surface area contributed by atoms with Gasteiger partial charge in [-0.15, -0.1) is 0 Å². The molecule has 0 N–H and O–H groups in total. The van der Waals surface area contributed by atoms with Crippen molar-refractivity contribution < 1.29 is 19.1 Å². The summed E-state index contributed by atoms with van der Waals surface area (Å²) < 4.78 is 9.72. The van der Waals surface area contributed by atoms with E-state index in [1.807, 2.05) is 6.92 Å². The van der Waals surface area contributed by atoms with E-state index in [-0.39, 0.29) is 6.79 Å². The first-order valence-corrected chi connectivity index (χ1v) is 5.99. The Balaban J connectivity index is 1.75. The molecule has 19 heavy (non-hydrogen) atoms. The van der Waals surface area contributed by atoms with Crippen LogP contribution in [0.3, 0.4) is 0 Å². The van der Waals surface area contributed by atoms with E-state index >= 15 is 0 Å². The molecule has 1 heterocycles. The zero-order chi connectivity index (χ0) is 13.7. The Kier molecular flexibility index (Phi) is 4.18. The lowest BCUT2D eigenvalue weighted by atomic mass is 10.2. The molecule has 0 saturated carbocycles. The van der Waals surface area contributed by atoms with Crippen molar-refractivity contribution in [3.63, 3.8) is 0 Å². The molecule has 5 nitrogen and oxygen atoms in total. The summed E-state index contributed by atoms with van der Waals surface area (Å²) in [5, 5.41) is 0. The molecule has 1 aliphatic rings. The number of amides is 1. The average molecular weight is 261 g/mol. The molecule has 0 atom stereocenters. The lowest BCUT2D eigenvalue weighted by Gasteiger charge is -2.13. The molecule has 0 spiro atoms. The second kappa shape index (κ2) is 6.04. The van der Waals surface area contributed by atoms with Crippen LogP contribution in [0.1, 0.15) is 23.7 Å². The fourth-order valence-corrected chi connectivity index (χ4v) is 1.71. The first-order valence-electron chi connectivity index (χ1n) is 5.99. The fraction of sp³-hybridized carbons (Fsp3) is 0.286. The normalized spacial score (nSPS) is 13.9. The van der Waals surface area contributed by atoms with Crippen molar-refractivity contribution in [2.45, 2.75) is 13.3 Å². The number of carbonyl (C=O) groups is 2. The Morgan fingerprint density at radius 1 is 1.21 bits per heavy atom. The zero-order valence-electron chi connectivity index (χ0n) is 10.7. The molecule has 0 unspecified atom stereocenters. The summed E-state index contributed by atoms with van der Waals surface area (Å²) in [6.45, 7) is 2.18. The number of hydrogen-bond donors (Lipinski definition) is 0. The third-order valence-corrected chi connectivity index (χ3v) is 2.74. The van der Waals surface area contributed by atoms with Gasteiger partial charge in [0.1, 0.15) is 0 Å². The Morgan fingerprint density at radius 2 is 1.95 bits per heavy atom. The van der Waals surface area contributed by atoms with Crippen molar-refractivity contribution in [2.75, 3.05) is 13.3 Å². The summed E-state index contributed by atoms with van der Waals surface area (Å²) in [6.07, 6.45) is 2.08. The fourth-order valence-electron chi connectivity index (χ4n) is 1.71. The van der Waals surface area contributed by atoms with Crippen LogP contribution >= 0.6 is 0 Å². The van der Waals surface area contributed by atoms with Gasteiger partial charge in [-0.25, -0.2) is 9.59 Å². The van der Waals surface area contributed by atoms with Crippen molar-refractivity contribution in [3.8, 4) is 0 Å². The lowest BCUT2D eigenvalue weighted by molar-refractivity contribution is -0.00837. The van der Waals surface area contributed by atoms with E-state index in [1.54, 1.807) is 36.5 Å². The maximum absolute atomic E-state index is 11.6. The van der Waals surface area contributed by atoms with E-state index < -0.39 is 12.1 Å². The highest BCUT2D eigenvalue weighted by Gasteiger charge is 2.18. The van der Waals surface area contributed by atoms with Gasteiger partial charge >= 0.3 is 12.1 Å². The van der Waals surface area contributed by atoms with Gasteiger partial charge in [0.2, 0.25) is 6.79 Å². The van der Waals surface area contributed by atoms with Crippen LogP contribution < -0.4 is 0 Å². The van der Waals surface area contributed by atoms with Crippen LogP contribution in [0.5, 0.6) is 0 Å². The molecule has 0 fully saturated rings. The van der Waals surface area contributed by atoms with Crippen LogP contribution in [-0.4, -0.2) is 30.3 Å². The standard InChI is InChI=1S/C14H15NO4/c1-11-7-8-15(9-11)14(17)19-10-18-13(16)12-5-3-2-4-6-12/h2-6,9H,7-8,10H2,1H3. The maximum Gasteiger partial charge on any atom is 0.416 e.